The van der Waals surface area contributed by atoms with Crippen LogP contribution in [0.2, 0.25) is 0 Å². The predicted octanol–water partition coefficient (Wildman–Crippen LogP) is -2.98. The molecule has 0 radical (unpaired) electrons. The molecule has 1 N–H and O–H groups in total. The molecule has 0 spiro atoms. The molecule has 0 aliphatic rings. The van der Waals surface area contributed by atoms with Crippen LogP contribution in [0.3, 0.4) is 0 Å². The van der Waals surface area contributed by atoms with Gasteiger partial charge in [-0.25, -0.2) is 0 Å². The van der Waals surface area contributed by atoms with Crippen molar-refractivity contribution < 1.29 is 62.7 Å². The first-order valence-electron chi connectivity index (χ1n) is 0.781. The van der Waals surface area contributed by atoms with Crippen molar-refractivity contribution in [2.45, 2.75) is 0 Å². The second kappa shape index (κ2) is 4.98. The van der Waals surface area contributed by atoms with E-state index in [1.54, 1.807) is 0 Å². The van der Waals surface area contributed by atoms with Gasteiger partial charge < -0.3 is 6.53 Å². The SMILES string of the molecule is [3H-].[CH2-]C(=O)O.[K+]. The molecule has 0 heterocycles. The van der Waals surface area contributed by atoms with Crippen molar-refractivity contribution in [3.63, 3.8) is 0 Å². The van der Waals surface area contributed by atoms with Crippen LogP contribution in [0, 0.1) is 6.92 Å². The second-order valence-electron chi connectivity index (χ2n) is 0.394. The van der Waals surface area contributed by atoms with Gasteiger partial charge in [0, 0.05) is 0 Å². The Morgan fingerprint density at radius 1 is 2.00 bits per heavy atom. The van der Waals surface area contributed by atoms with Crippen molar-refractivity contribution in [3.8, 4) is 0 Å². The van der Waals surface area contributed by atoms with Gasteiger partial charge in [0.1, 0.15) is 0 Å². The average molecular weight is 101 g/mol. The Morgan fingerprint density at radius 2 is 2.00 bits per heavy atom. The summed E-state index contributed by atoms with van der Waals surface area (Å²) in [6.07, 6.45) is 0. The Bertz CT molecular complexity index is 34.5. The van der Waals surface area contributed by atoms with Crippen LogP contribution < -0.4 is 51.4 Å². The Hall–Kier alpha value is 0.976. The quantitative estimate of drug-likeness (QED) is 0.261. The van der Waals surface area contributed by atoms with Gasteiger partial charge in [-0.15, -0.1) is 0 Å². The van der Waals surface area contributed by atoms with Crippen molar-refractivity contribution >= 4 is 5.97 Å². The molecule has 0 atom stereocenters. The summed E-state index contributed by atoms with van der Waals surface area (Å²) in [7, 11) is 0. The summed E-state index contributed by atoms with van der Waals surface area (Å²) in [4.78, 5) is 8.89. The Labute approximate surface area is 74.5 Å². The van der Waals surface area contributed by atoms with Gasteiger partial charge in [-0.1, -0.05) is 0 Å². The number of carboxylic acid groups (broad SMARTS) is 1. The number of hydrogen-bond donors (Lipinski definition) is 1. The van der Waals surface area contributed by atoms with Gasteiger partial charge in [-0.05, 0) is 0 Å². The molecule has 0 saturated carbocycles. The molecule has 0 bridgehead atoms. The predicted molar refractivity (Wildman–Crippen MR) is 14.1 cm³/mol. The van der Waals surface area contributed by atoms with Crippen molar-refractivity contribution in [2.24, 2.45) is 0 Å². The van der Waals surface area contributed by atoms with Gasteiger partial charge in [0.25, 0.3) is 0 Å². The number of hydrogen-bond acceptors (Lipinski definition) is 1. The third kappa shape index (κ3) is 46.2. The maximum Gasteiger partial charge on any atom is 1.00 e. The van der Waals surface area contributed by atoms with Crippen LogP contribution in [0.5, 0.6) is 0 Å². The summed E-state index contributed by atoms with van der Waals surface area (Å²) in [6, 6.07) is 0. The molecular weight excluding hydrogens is 95.1 g/mol. The number of carbonyl (C=O) groups is 1. The van der Waals surface area contributed by atoms with Gasteiger partial charge in [-0.3, -0.25) is 11.7 Å². The van der Waals surface area contributed by atoms with E-state index in [1.807, 2.05) is 0 Å². The van der Waals surface area contributed by atoms with Crippen molar-refractivity contribution in [1.82, 2.24) is 0 Å². The van der Waals surface area contributed by atoms with Crippen molar-refractivity contribution in [1.29, 1.82) is 0 Å². The fraction of sp³-hybridized carbons (Fsp3) is 0. The van der Waals surface area contributed by atoms with Crippen LogP contribution in [0.25, 0.3) is 0 Å². The van der Waals surface area contributed by atoms with Gasteiger partial charge in [0.2, 0.25) is 0 Å². The zero-order valence-corrected chi connectivity index (χ0v) is 6.19. The molecule has 3 heteroatoms. The van der Waals surface area contributed by atoms with Crippen molar-refractivity contribution in [3.05, 3.63) is 6.92 Å². The van der Waals surface area contributed by atoms with Gasteiger partial charge in [0.05, 0.1) is 0 Å². The molecule has 0 saturated heterocycles. The first kappa shape index (κ1) is 9.36. The van der Waals surface area contributed by atoms with Crippen LogP contribution >= 0.6 is 0 Å². The molecule has 0 aliphatic carbocycles. The second-order valence-corrected chi connectivity index (χ2v) is 0.394. The van der Waals surface area contributed by atoms with Crippen LogP contribution in [-0.2, 0) is 4.79 Å². The zero-order chi connectivity index (χ0) is 3.58. The van der Waals surface area contributed by atoms with Gasteiger partial charge in [0.15, 0.2) is 5.97 Å². The Morgan fingerprint density at radius 3 is 2.00 bits per heavy atom. The van der Waals surface area contributed by atoms with E-state index in [-0.39, 0.29) is 52.8 Å². The Balaban J connectivity index is -0.0000000450. The summed E-state index contributed by atoms with van der Waals surface area (Å²) in [5.41, 5.74) is 0. The fourth-order valence-corrected chi connectivity index (χ4v) is 0. The van der Waals surface area contributed by atoms with E-state index < -0.39 is 5.97 Å². The molecule has 2 nitrogen and oxygen atoms in total. The molecule has 0 rings (SSSR count). The zero-order valence-electron chi connectivity index (χ0n) is 4.06. The minimum atomic E-state index is -1.08. The standard InChI is InChI=1S/C2H3O2.K.H/c1-2(3)4;;/h1H2,(H,3,4);;/q-1;+1;-1/i;;1+2. The van der Waals surface area contributed by atoms with E-state index in [4.69, 9.17) is 9.90 Å². The summed E-state index contributed by atoms with van der Waals surface area (Å²) in [6.45, 7) is 2.56. The third-order valence-corrected chi connectivity index (χ3v) is 0. The molecule has 0 amide bonds. The van der Waals surface area contributed by atoms with E-state index in [1.165, 1.54) is 0 Å². The van der Waals surface area contributed by atoms with Crippen LogP contribution in [0.15, 0.2) is 0 Å². The minimum absolute atomic E-state index is 0. The summed E-state index contributed by atoms with van der Waals surface area (Å²) in [5, 5.41) is 7.31. The van der Waals surface area contributed by atoms with E-state index in [9.17, 15) is 0 Å². The van der Waals surface area contributed by atoms with E-state index in [0.29, 0.717) is 0 Å². The van der Waals surface area contributed by atoms with E-state index >= 15 is 0 Å². The molecule has 0 aromatic carbocycles. The number of rotatable bonds is 0. The molecule has 0 unspecified atom stereocenters. The van der Waals surface area contributed by atoms with Crippen LogP contribution in [0.1, 0.15) is 1.43 Å². The minimum Gasteiger partial charge on any atom is -1.00 e. The number of aliphatic carboxylic acids is 1. The molecule has 0 fully saturated rings. The molecule has 5 heavy (non-hydrogen) atoms. The summed E-state index contributed by atoms with van der Waals surface area (Å²) in [5.74, 6) is -1.08. The maximum atomic E-state index is 8.89. The van der Waals surface area contributed by atoms with Crippen LogP contribution in [0.4, 0.5) is 0 Å². The largest absolute Gasteiger partial charge is 1.00 e. The van der Waals surface area contributed by atoms with Crippen molar-refractivity contribution in [2.75, 3.05) is 0 Å². The maximum absolute atomic E-state index is 8.89. The first-order chi connectivity index (χ1) is 1.73. The van der Waals surface area contributed by atoms with Gasteiger partial charge in [-0.2, -0.15) is 0 Å². The van der Waals surface area contributed by atoms with Crippen LogP contribution in [-0.4, -0.2) is 11.1 Å². The first-order valence-corrected chi connectivity index (χ1v) is 0.781. The average Bonchev–Trinajstić information content (AvgIpc) is 0.811. The number of carboxylic acids is 1. The molecular formula is C2H4KO2-. The topological polar surface area (TPSA) is 37.3 Å². The Kier molecular flexibility index (Phi) is 9.32. The third-order valence-electron chi connectivity index (χ3n) is 0. The summed E-state index contributed by atoms with van der Waals surface area (Å²) >= 11 is 0. The van der Waals surface area contributed by atoms with Gasteiger partial charge >= 0.3 is 51.4 Å². The fourth-order valence-electron chi connectivity index (χ4n) is 0. The van der Waals surface area contributed by atoms with E-state index in [2.05, 4.69) is 6.92 Å². The molecule has 0 aliphatic heterocycles. The normalized spacial score (nSPS) is 4.80. The smallest absolute Gasteiger partial charge is 1.00 e. The summed E-state index contributed by atoms with van der Waals surface area (Å²) < 4.78 is 0. The molecule has 0 aromatic rings. The monoisotopic (exact) mass is 101 g/mol. The molecule has 0 aromatic heterocycles. The molecule has 26 valence electrons. The van der Waals surface area contributed by atoms with E-state index in [0.717, 1.165) is 0 Å².